The summed E-state index contributed by atoms with van der Waals surface area (Å²) in [7, 11) is 0. The Kier molecular flexibility index (Phi) is 6.57. The predicted molar refractivity (Wildman–Crippen MR) is 91.6 cm³/mol. The lowest BCUT2D eigenvalue weighted by Crippen LogP contribution is -2.23. The van der Waals surface area contributed by atoms with Crippen molar-refractivity contribution in [1.29, 1.82) is 0 Å². The van der Waals surface area contributed by atoms with Crippen LogP contribution in [0.2, 0.25) is 5.15 Å². The minimum Gasteiger partial charge on any atom is -0.545 e. The molecule has 0 aliphatic carbocycles. The van der Waals surface area contributed by atoms with Gasteiger partial charge in [0.2, 0.25) is 0 Å². The molecule has 0 spiro atoms. The summed E-state index contributed by atoms with van der Waals surface area (Å²) in [6.07, 6.45) is 3.64. The molecule has 0 saturated carbocycles. The van der Waals surface area contributed by atoms with E-state index in [0.29, 0.717) is 6.61 Å². The third-order valence-electron chi connectivity index (χ3n) is 3.11. The summed E-state index contributed by atoms with van der Waals surface area (Å²) in [5.74, 6) is -0.534. The lowest BCUT2D eigenvalue weighted by atomic mass is 10.2. The Bertz CT molecular complexity index is 718. The van der Waals surface area contributed by atoms with Gasteiger partial charge < -0.3 is 14.6 Å². The van der Waals surface area contributed by atoms with Crippen LogP contribution in [0.15, 0.2) is 41.5 Å². The summed E-state index contributed by atoms with van der Waals surface area (Å²) < 4.78 is 5.57. The number of unbranched alkanes of at least 4 members (excludes halogenated alkanes) is 1. The number of hydrogen-bond acceptors (Lipinski definition) is 6. The highest BCUT2D eigenvalue weighted by Gasteiger charge is 2.05. The summed E-state index contributed by atoms with van der Waals surface area (Å²) in [5, 5.41) is 15.1. The first kappa shape index (κ1) is 17.7. The Hall–Kier alpha value is -2.60. The van der Waals surface area contributed by atoms with Gasteiger partial charge in [0.25, 0.3) is 0 Å². The van der Waals surface area contributed by atoms with E-state index in [0.717, 1.165) is 24.2 Å². The number of hydrogen-bond donors (Lipinski definition) is 1. The van der Waals surface area contributed by atoms with E-state index in [1.807, 2.05) is 24.3 Å². The molecule has 0 fully saturated rings. The molecular formula is C17H17ClN3O3-. The van der Waals surface area contributed by atoms with Gasteiger partial charge in [-0.3, -0.25) is 5.43 Å². The predicted octanol–water partition coefficient (Wildman–Crippen LogP) is 2.72. The number of anilines is 1. The Morgan fingerprint density at radius 2 is 2.08 bits per heavy atom. The van der Waals surface area contributed by atoms with Crippen molar-refractivity contribution in [2.75, 3.05) is 12.0 Å². The van der Waals surface area contributed by atoms with Crippen LogP contribution in [0.1, 0.15) is 35.7 Å². The molecule has 0 unspecified atom stereocenters. The van der Waals surface area contributed by atoms with Crippen LogP contribution < -0.4 is 15.3 Å². The second kappa shape index (κ2) is 8.88. The van der Waals surface area contributed by atoms with E-state index >= 15 is 0 Å². The number of nitrogens with zero attached hydrogens (tertiary/aromatic N) is 2. The number of aromatic nitrogens is 1. The van der Waals surface area contributed by atoms with E-state index in [-0.39, 0.29) is 16.5 Å². The van der Waals surface area contributed by atoms with E-state index in [2.05, 4.69) is 22.4 Å². The molecule has 2 rings (SSSR count). The van der Waals surface area contributed by atoms with Crippen molar-refractivity contribution in [2.45, 2.75) is 19.8 Å². The molecule has 1 heterocycles. The first-order chi connectivity index (χ1) is 11.6. The monoisotopic (exact) mass is 346 g/mol. The smallest absolute Gasteiger partial charge is 0.157 e. The Balaban J connectivity index is 1.99. The molecule has 24 heavy (non-hydrogen) atoms. The molecule has 0 aliphatic heterocycles. The minimum absolute atomic E-state index is 0.0262. The van der Waals surface area contributed by atoms with Crippen LogP contribution in [0.25, 0.3) is 0 Å². The second-order valence-electron chi connectivity index (χ2n) is 4.96. The zero-order valence-corrected chi connectivity index (χ0v) is 13.9. The summed E-state index contributed by atoms with van der Waals surface area (Å²) >= 11 is 5.76. The number of hydrazone groups is 1. The van der Waals surface area contributed by atoms with E-state index in [4.69, 9.17) is 16.3 Å². The van der Waals surface area contributed by atoms with Crippen LogP contribution in [0.5, 0.6) is 5.75 Å². The van der Waals surface area contributed by atoms with Crippen LogP contribution in [0.4, 0.5) is 5.82 Å². The molecule has 0 amide bonds. The van der Waals surface area contributed by atoms with E-state index < -0.39 is 5.97 Å². The zero-order valence-electron chi connectivity index (χ0n) is 13.2. The molecule has 7 heteroatoms. The van der Waals surface area contributed by atoms with Crippen LogP contribution in [-0.2, 0) is 0 Å². The standard InChI is InChI=1S/C17H18ClN3O3/c1-2-3-10-24-13-6-4-12(5-7-13)11-19-21-16-14(17(22)23)8-9-15(18)20-16/h4-9,11H,2-3,10H2,1H3,(H,20,21)(H,22,23)/p-1/b19-11-. The molecule has 1 aromatic carbocycles. The van der Waals surface area contributed by atoms with Crippen LogP contribution >= 0.6 is 11.6 Å². The van der Waals surface area contributed by atoms with Gasteiger partial charge >= 0.3 is 0 Å². The van der Waals surface area contributed by atoms with Gasteiger partial charge in [-0.05, 0) is 48.4 Å². The average molecular weight is 347 g/mol. The molecule has 1 aromatic heterocycles. The Labute approximate surface area is 145 Å². The maximum absolute atomic E-state index is 11.0. The number of carboxylic acid groups (broad SMARTS) is 1. The van der Waals surface area contributed by atoms with Crippen molar-refractivity contribution >= 4 is 29.6 Å². The van der Waals surface area contributed by atoms with Gasteiger partial charge in [0.1, 0.15) is 10.9 Å². The first-order valence-corrected chi connectivity index (χ1v) is 7.87. The van der Waals surface area contributed by atoms with Crippen LogP contribution in [0.3, 0.4) is 0 Å². The number of pyridine rings is 1. The lowest BCUT2D eigenvalue weighted by Gasteiger charge is -2.08. The van der Waals surface area contributed by atoms with Gasteiger partial charge in [0, 0.05) is 5.56 Å². The molecule has 0 radical (unpaired) electrons. The molecule has 1 N–H and O–H groups in total. The highest BCUT2D eigenvalue weighted by atomic mass is 35.5. The van der Waals surface area contributed by atoms with Gasteiger partial charge in [-0.25, -0.2) is 4.98 Å². The Morgan fingerprint density at radius 3 is 2.75 bits per heavy atom. The number of ether oxygens (including phenoxy) is 1. The maximum atomic E-state index is 11.0. The van der Waals surface area contributed by atoms with Crippen molar-refractivity contribution in [3.8, 4) is 5.75 Å². The van der Waals surface area contributed by atoms with Crippen molar-refractivity contribution in [1.82, 2.24) is 4.98 Å². The lowest BCUT2D eigenvalue weighted by molar-refractivity contribution is -0.254. The van der Waals surface area contributed by atoms with E-state index in [9.17, 15) is 9.90 Å². The SMILES string of the molecule is CCCCOc1ccc(/C=N\Nc2nc(Cl)ccc2C(=O)[O-])cc1. The van der Waals surface area contributed by atoms with Gasteiger partial charge in [0.15, 0.2) is 5.82 Å². The quantitative estimate of drug-likeness (QED) is 0.344. The van der Waals surface area contributed by atoms with Crippen molar-refractivity contribution in [3.05, 3.63) is 52.7 Å². The van der Waals surface area contributed by atoms with Gasteiger partial charge in [-0.2, -0.15) is 5.10 Å². The number of carbonyl (C=O) groups excluding carboxylic acids is 1. The second-order valence-corrected chi connectivity index (χ2v) is 5.35. The first-order valence-electron chi connectivity index (χ1n) is 7.50. The molecular weight excluding hydrogens is 330 g/mol. The molecule has 126 valence electrons. The fourth-order valence-corrected chi connectivity index (χ4v) is 1.99. The van der Waals surface area contributed by atoms with Crippen molar-refractivity contribution < 1.29 is 14.6 Å². The average Bonchev–Trinajstić information content (AvgIpc) is 2.56. The molecule has 0 aliphatic rings. The summed E-state index contributed by atoms with van der Waals surface area (Å²) in [6, 6.07) is 10.1. The maximum Gasteiger partial charge on any atom is 0.157 e. The van der Waals surface area contributed by atoms with Gasteiger partial charge in [-0.15, -0.1) is 0 Å². The Morgan fingerprint density at radius 1 is 1.33 bits per heavy atom. The molecule has 0 atom stereocenters. The molecule has 6 nitrogen and oxygen atoms in total. The fourth-order valence-electron chi connectivity index (χ4n) is 1.84. The minimum atomic E-state index is -1.36. The summed E-state index contributed by atoms with van der Waals surface area (Å²) in [6.45, 7) is 2.80. The number of aromatic carboxylic acids is 1. The van der Waals surface area contributed by atoms with Crippen LogP contribution in [0, 0.1) is 0 Å². The van der Waals surface area contributed by atoms with E-state index in [1.54, 1.807) is 0 Å². The normalized spacial score (nSPS) is 10.8. The summed E-state index contributed by atoms with van der Waals surface area (Å²) in [4.78, 5) is 14.9. The number of benzene rings is 1. The molecule has 0 saturated heterocycles. The fraction of sp³-hybridized carbons (Fsp3) is 0.235. The number of nitrogens with one attached hydrogen (secondary N) is 1. The molecule has 0 bridgehead atoms. The third-order valence-corrected chi connectivity index (χ3v) is 3.32. The number of carbonyl (C=O) groups is 1. The van der Waals surface area contributed by atoms with Gasteiger partial charge in [0.05, 0.1) is 18.8 Å². The topological polar surface area (TPSA) is 86.6 Å². The summed E-state index contributed by atoms with van der Waals surface area (Å²) in [5.41, 5.74) is 3.27. The van der Waals surface area contributed by atoms with Crippen molar-refractivity contribution in [2.24, 2.45) is 5.10 Å². The highest BCUT2D eigenvalue weighted by Crippen LogP contribution is 2.16. The third kappa shape index (κ3) is 5.24. The van der Waals surface area contributed by atoms with Crippen molar-refractivity contribution in [3.63, 3.8) is 0 Å². The highest BCUT2D eigenvalue weighted by molar-refractivity contribution is 6.29. The largest absolute Gasteiger partial charge is 0.545 e. The zero-order chi connectivity index (χ0) is 17.4. The van der Waals surface area contributed by atoms with Gasteiger partial charge in [-0.1, -0.05) is 24.9 Å². The van der Waals surface area contributed by atoms with Crippen LogP contribution in [-0.4, -0.2) is 23.8 Å². The van der Waals surface area contributed by atoms with E-state index in [1.165, 1.54) is 18.3 Å². The number of carboxylic acids is 1. The number of rotatable bonds is 8. The molecule has 2 aromatic rings. The number of halogens is 1.